The molecule has 0 radical (unpaired) electrons. The van der Waals surface area contributed by atoms with Crippen molar-refractivity contribution in [1.29, 1.82) is 0 Å². The van der Waals surface area contributed by atoms with Gasteiger partial charge in [-0.25, -0.2) is 9.97 Å². The van der Waals surface area contributed by atoms with E-state index in [9.17, 15) is 9.59 Å². The van der Waals surface area contributed by atoms with Crippen molar-refractivity contribution >= 4 is 11.7 Å². The molecule has 0 aliphatic carbocycles. The number of aryl methyl sites for hydroxylation is 2. The highest BCUT2D eigenvalue weighted by Crippen LogP contribution is 2.13. The Kier molecular flexibility index (Phi) is 5.73. The van der Waals surface area contributed by atoms with Gasteiger partial charge in [-0.3, -0.25) is 9.59 Å². The number of carbonyl (C=O) groups excluding carboxylic acids is 2. The van der Waals surface area contributed by atoms with Crippen molar-refractivity contribution < 1.29 is 9.59 Å². The first-order valence-electron chi connectivity index (χ1n) is 9.26. The Morgan fingerprint density at radius 2 is 1.89 bits per heavy atom. The van der Waals surface area contributed by atoms with Crippen LogP contribution in [0.25, 0.3) is 0 Å². The minimum atomic E-state index is -0.645. The summed E-state index contributed by atoms with van der Waals surface area (Å²) in [4.78, 5) is 34.0. The second-order valence-electron chi connectivity index (χ2n) is 7.22. The van der Waals surface area contributed by atoms with Gasteiger partial charge in [-0.2, -0.15) is 0 Å². The van der Waals surface area contributed by atoms with E-state index in [0.717, 1.165) is 11.4 Å². The van der Waals surface area contributed by atoms with E-state index in [2.05, 4.69) is 15.3 Å². The van der Waals surface area contributed by atoms with Gasteiger partial charge >= 0.3 is 0 Å². The summed E-state index contributed by atoms with van der Waals surface area (Å²) >= 11 is 0. The van der Waals surface area contributed by atoms with Crippen LogP contribution in [0.2, 0.25) is 0 Å². The number of nitrogens with zero attached hydrogens (tertiary/aromatic N) is 4. The maximum atomic E-state index is 12.8. The molecule has 7 nitrogen and oxygen atoms in total. The fraction of sp³-hybridized carbons (Fsp3) is 0.333. The summed E-state index contributed by atoms with van der Waals surface area (Å²) in [5.74, 6) is 0.718. The van der Waals surface area contributed by atoms with E-state index in [1.54, 1.807) is 36.3 Å². The molecule has 0 aliphatic rings. The quantitative estimate of drug-likeness (QED) is 0.640. The van der Waals surface area contributed by atoms with Gasteiger partial charge in [0.05, 0.1) is 6.04 Å². The SMILES string of the molecule is Cc1nccn1Cc1cccc(C(=O)NC(C(=O)c2nccn2C)C(C)C)c1. The summed E-state index contributed by atoms with van der Waals surface area (Å²) < 4.78 is 3.68. The molecule has 0 fully saturated rings. The molecule has 1 aromatic carbocycles. The maximum absolute atomic E-state index is 12.8. The van der Waals surface area contributed by atoms with Gasteiger partial charge in [-0.15, -0.1) is 0 Å². The van der Waals surface area contributed by atoms with E-state index in [-0.39, 0.29) is 17.6 Å². The summed E-state index contributed by atoms with van der Waals surface area (Å²) in [6, 6.07) is 6.77. The largest absolute Gasteiger partial charge is 0.341 e. The van der Waals surface area contributed by atoms with Gasteiger partial charge in [0.1, 0.15) is 5.82 Å². The zero-order valence-electron chi connectivity index (χ0n) is 16.6. The van der Waals surface area contributed by atoms with Gasteiger partial charge in [0.25, 0.3) is 5.91 Å². The Labute approximate surface area is 164 Å². The van der Waals surface area contributed by atoms with E-state index in [4.69, 9.17) is 0 Å². The molecule has 0 spiro atoms. The van der Waals surface area contributed by atoms with Crippen molar-refractivity contribution in [2.45, 2.75) is 33.4 Å². The fourth-order valence-electron chi connectivity index (χ4n) is 3.08. The topological polar surface area (TPSA) is 81.8 Å². The average Bonchev–Trinajstić information content (AvgIpc) is 3.27. The summed E-state index contributed by atoms with van der Waals surface area (Å²) in [5.41, 5.74) is 1.51. The second-order valence-corrected chi connectivity index (χ2v) is 7.22. The molecule has 0 saturated heterocycles. The normalized spacial score (nSPS) is 12.2. The van der Waals surface area contributed by atoms with Crippen LogP contribution in [0.5, 0.6) is 0 Å². The summed E-state index contributed by atoms with van der Waals surface area (Å²) in [7, 11) is 1.76. The number of imidazole rings is 2. The van der Waals surface area contributed by atoms with E-state index in [1.165, 1.54) is 0 Å². The summed E-state index contributed by atoms with van der Waals surface area (Å²) in [6.07, 6.45) is 6.95. The molecule has 3 rings (SSSR count). The minimum absolute atomic E-state index is 0.0649. The lowest BCUT2D eigenvalue weighted by Gasteiger charge is -2.21. The molecular formula is C21H25N5O2. The number of hydrogen-bond donors (Lipinski definition) is 1. The fourth-order valence-corrected chi connectivity index (χ4v) is 3.08. The summed E-state index contributed by atoms with van der Waals surface area (Å²) in [6.45, 7) is 6.38. The van der Waals surface area contributed by atoms with Crippen LogP contribution in [0, 0.1) is 12.8 Å². The zero-order chi connectivity index (χ0) is 20.3. The monoisotopic (exact) mass is 379 g/mol. The number of carbonyl (C=O) groups is 2. The number of amides is 1. The summed E-state index contributed by atoms with van der Waals surface area (Å²) in [5, 5.41) is 2.88. The van der Waals surface area contributed by atoms with Gasteiger partial charge < -0.3 is 14.5 Å². The van der Waals surface area contributed by atoms with Crippen LogP contribution >= 0.6 is 0 Å². The van der Waals surface area contributed by atoms with E-state index < -0.39 is 6.04 Å². The average molecular weight is 379 g/mol. The molecule has 0 bridgehead atoms. The van der Waals surface area contributed by atoms with Crippen molar-refractivity contribution in [3.8, 4) is 0 Å². The predicted molar refractivity (Wildman–Crippen MR) is 106 cm³/mol. The van der Waals surface area contributed by atoms with Crippen molar-refractivity contribution in [2.75, 3.05) is 0 Å². The Balaban J connectivity index is 1.77. The molecule has 0 aliphatic heterocycles. The highest BCUT2D eigenvalue weighted by Gasteiger charge is 2.28. The Morgan fingerprint density at radius 3 is 2.50 bits per heavy atom. The molecule has 7 heteroatoms. The first kappa shape index (κ1) is 19.5. The van der Waals surface area contributed by atoms with E-state index >= 15 is 0 Å². The van der Waals surface area contributed by atoms with Crippen LogP contribution in [0.1, 0.15) is 46.2 Å². The Bertz CT molecular complexity index is 986. The third-order valence-corrected chi connectivity index (χ3v) is 4.74. The molecule has 1 unspecified atom stereocenters. The standard InChI is InChI=1S/C21H25N5O2/c1-14(2)18(19(27)20-23-8-10-25(20)4)24-21(28)17-7-5-6-16(12-17)13-26-11-9-22-15(26)3/h5-12,14,18H,13H2,1-4H3,(H,24,28). The molecule has 1 amide bonds. The van der Waals surface area contributed by atoms with Crippen molar-refractivity contribution in [3.05, 3.63) is 71.8 Å². The second kappa shape index (κ2) is 8.21. The van der Waals surface area contributed by atoms with Gasteiger partial charge in [0.15, 0.2) is 5.82 Å². The minimum Gasteiger partial charge on any atom is -0.341 e. The first-order chi connectivity index (χ1) is 13.4. The van der Waals surface area contributed by atoms with Gasteiger partial charge in [0.2, 0.25) is 5.78 Å². The molecule has 1 N–H and O–H groups in total. The van der Waals surface area contributed by atoms with Crippen LogP contribution in [0.3, 0.4) is 0 Å². The third kappa shape index (κ3) is 4.19. The van der Waals surface area contributed by atoms with E-state index in [0.29, 0.717) is 17.9 Å². The van der Waals surface area contributed by atoms with Crippen LogP contribution in [0.4, 0.5) is 0 Å². The van der Waals surface area contributed by atoms with E-state index in [1.807, 2.05) is 49.7 Å². The van der Waals surface area contributed by atoms with Crippen LogP contribution < -0.4 is 5.32 Å². The number of hydrogen-bond acceptors (Lipinski definition) is 4. The number of rotatable bonds is 7. The van der Waals surface area contributed by atoms with Crippen molar-refractivity contribution in [2.24, 2.45) is 13.0 Å². The number of Topliss-reactive ketones (excluding diaryl/α,β-unsaturated/α-hetero) is 1. The van der Waals surface area contributed by atoms with Crippen LogP contribution in [0.15, 0.2) is 49.1 Å². The Morgan fingerprint density at radius 1 is 1.14 bits per heavy atom. The Hall–Kier alpha value is -3.22. The third-order valence-electron chi connectivity index (χ3n) is 4.74. The molecular weight excluding hydrogens is 354 g/mol. The lowest BCUT2D eigenvalue weighted by atomic mass is 9.98. The highest BCUT2D eigenvalue weighted by atomic mass is 16.2. The van der Waals surface area contributed by atoms with Gasteiger partial charge in [0, 0.05) is 43.9 Å². The molecule has 28 heavy (non-hydrogen) atoms. The van der Waals surface area contributed by atoms with Crippen molar-refractivity contribution in [1.82, 2.24) is 24.4 Å². The number of benzene rings is 1. The smallest absolute Gasteiger partial charge is 0.251 e. The van der Waals surface area contributed by atoms with Crippen LogP contribution in [-0.4, -0.2) is 36.8 Å². The number of ketones is 1. The molecule has 2 heterocycles. The van der Waals surface area contributed by atoms with Gasteiger partial charge in [-0.1, -0.05) is 26.0 Å². The van der Waals surface area contributed by atoms with Crippen LogP contribution in [-0.2, 0) is 13.6 Å². The molecule has 0 saturated carbocycles. The molecule has 1 atom stereocenters. The molecule has 2 aromatic heterocycles. The lowest BCUT2D eigenvalue weighted by Crippen LogP contribution is -2.45. The number of aromatic nitrogens is 4. The molecule has 146 valence electrons. The number of nitrogens with one attached hydrogen (secondary N) is 1. The maximum Gasteiger partial charge on any atom is 0.251 e. The first-order valence-corrected chi connectivity index (χ1v) is 9.26. The zero-order valence-corrected chi connectivity index (χ0v) is 16.6. The van der Waals surface area contributed by atoms with Crippen molar-refractivity contribution in [3.63, 3.8) is 0 Å². The lowest BCUT2D eigenvalue weighted by molar-refractivity contribution is 0.0823. The predicted octanol–water partition coefficient (Wildman–Crippen LogP) is 2.61. The highest BCUT2D eigenvalue weighted by molar-refractivity contribution is 6.02. The van der Waals surface area contributed by atoms with Gasteiger partial charge in [-0.05, 0) is 30.5 Å². The molecule has 3 aromatic rings.